The topological polar surface area (TPSA) is 74.9 Å². The highest BCUT2D eigenvalue weighted by Gasteiger charge is 2.23. The van der Waals surface area contributed by atoms with Gasteiger partial charge in [0.1, 0.15) is 5.65 Å². The number of aromatic nitrogens is 2. The Morgan fingerprint density at radius 2 is 2.10 bits per heavy atom. The molecule has 108 valence electrons. The van der Waals surface area contributed by atoms with Crippen LogP contribution in [0.2, 0.25) is 0 Å². The number of rotatable bonds is 2. The van der Waals surface area contributed by atoms with E-state index < -0.39 is 9.84 Å². The van der Waals surface area contributed by atoms with Crippen LogP contribution in [0.3, 0.4) is 0 Å². The molecule has 2 aromatic rings. The summed E-state index contributed by atoms with van der Waals surface area (Å²) in [5.41, 5.74) is 1.47. The smallest absolute Gasteiger partial charge is 0.153 e. The monoisotopic (exact) mass is 295 g/mol. The van der Waals surface area contributed by atoms with Crippen LogP contribution in [-0.2, 0) is 16.4 Å². The second-order valence-corrected chi connectivity index (χ2v) is 7.27. The van der Waals surface area contributed by atoms with Crippen molar-refractivity contribution in [3.63, 3.8) is 0 Å². The summed E-state index contributed by atoms with van der Waals surface area (Å²) in [7, 11) is -2.95. The van der Waals surface area contributed by atoms with Crippen LogP contribution in [0.15, 0.2) is 24.4 Å². The first-order chi connectivity index (χ1) is 9.61. The summed E-state index contributed by atoms with van der Waals surface area (Å²) in [5, 5.41) is 9.60. The van der Waals surface area contributed by atoms with Gasteiger partial charge in [-0.3, -0.25) is 4.40 Å². The molecule has 1 aliphatic rings. The first-order valence-corrected chi connectivity index (χ1v) is 8.45. The molecule has 0 aliphatic carbocycles. The lowest BCUT2D eigenvalue weighted by Gasteiger charge is -2.20. The van der Waals surface area contributed by atoms with Crippen molar-refractivity contribution in [2.45, 2.75) is 13.0 Å². The zero-order chi connectivity index (χ0) is 14.2. The normalized spacial score (nSPS) is 19.1. The molecule has 0 bridgehead atoms. The van der Waals surface area contributed by atoms with Crippen molar-refractivity contribution in [2.24, 2.45) is 0 Å². The van der Waals surface area contributed by atoms with Gasteiger partial charge in [0.05, 0.1) is 23.8 Å². The van der Waals surface area contributed by atoms with Crippen molar-refractivity contribution in [2.75, 3.05) is 29.5 Å². The number of aliphatic hydroxyl groups excluding tert-OH is 1. The Labute approximate surface area is 117 Å². The van der Waals surface area contributed by atoms with Crippen LogP contribution in [0.1, 0.15) is 12.1 Å². The minimum absolute atomic E-state index is 0.121. The number of hydrogen-bond donors (Lipinski definition) is 1. The van der Waals surface area contributed by atoms with E-state index in [9.17, 15) is 13.5 Å². The summed E-state index contributed by atoms with van der Waals surface area (Å²) in [4.78, 5) is 6.49. The molecule has 1 saturated heterocycles. The second-order valence-electron chi connectivity index (χ2n) is 4.96. The van der Waals surface area contributed by atoms with E-state index in [1.807, 2.05) is 33.7 Å². The molecular formula is C13H17N3O3S. The fraction of sp³-hybridized carbons (Fsp3) is 0.462. The number of sulfone groups is 1. The molecule has 1 N–H and O–H groups in total. The molecule has 3 rings (SSSR count). The Balaban J connectivity index is 2.01. The summed E-state index contributed by atoms with van der Waals surface area (Å²) in [6.07, 6.45) is 2.45. The molecule has 0 saturated carbocycles. The number of aliphatic hydroxyl groups is 1. The number of hydrogen-bond acceptors (Lipinski definition) is 5. The van der Waals surface area contributed by atoms with E-state index in [4.69, 9.17) is 0 Å². The molecule has 0 unspecified atom stereocenters. The SMILES string of the molecule is O=S1(=O)CCCN(c2nc3ccccn3c2CO)CC1. The molecule has 2 aromatic heterocycles. The molecule has 6 nitrogen and oxygen atoms in total. The van der Waals surface area contributed by atoms with Crippen LogP contribution >= 0.6 is 0 Å². The van der Waals surface area contributed by atoms with Gasteiger partial charge in [0, 0.05) is 19.3 Å². The molecule has 0 atom stereocenters. The molecular weight excluding hydrogens is 278 g/mol. The van der Waals surface area contributed by atoms with Gasteiger partial charge in [-0.25, -0.2) is 13.4 Å². The largest absolute Gasteiger partial charge is 0.390 e. The molecule has 1 aliphatic heterocycles. The maximum atomic E-state index is 11.7. The first-order valence-electron chi connectivity index (χ1n) is 6.63. The second kappa shape index (κ2) is 5.06. The Kier molecular flexibility index (Phi) is 3.39. The minimum Gasteiger partial charge on any atom is -0.390 e. The summed E-state index contributed by atoms with van der Waals surface area (Å²) in [5.74, 6) is 1.06. The van der Waals surface area contributed by atoms with E-state index in [-0.39, 0.29) is 18.1 Å². The van der Waals surface area contributed by atoms with E-state index in [1.54, 1.807) is 0 Å². The molecule has 0 spiro atoms. The lowest BCUT2D eigenvalue weighted by Crippen LogP contribution is -2.28. The maximum absolute atomic E-state index is 11.7. The lowest BCUT2D eigenvalue weighted by atomic mass is 10.3. The van der Waals surface area contributed by atoms with Crippen LogP contribution in [-0.4, -0.2) is 47.5 Å². The molecule has 0 aromatic carbocycles. The lowest BCUT2D eigenvalue weighted by molar-refractivity contribution is 0.276. The van der Waals surface area contributed by atoms with Crippen LogP contribution in [0, 0.1) is 0 Å². The van der Waals surface area contributed by atoms with Crippen LogP contribution in [0.4, 0.5) is 5.82 Å². The quantitative estimate of drug-likeness (QED) is 0.871. The van der Waals surface area contributed by atoms with E-state index in [0.29, 0.717) is 31.0 Å². The third kappa shape index (κ3) is 2.38. The van der Waals surface area contributed by atoms with Crippen molar-refractivity contribution in [1.29, 1.82) is 0 Å². The van der Waals surface area contributed by atoms with Gasteiger partial charge in [-0.15, -0.1) is 0 Å². The van der Waals surface area contributed by atoms with Crippen LogP contribution in [0.5, 0.6) is 0 Å². The summed E-state index contributed by atoms with van der Waals surface area (Å²) < 4.78 is 25.2. The van der Waals surface area contributed by atoms with Crippen molar-refractivity contribution < 1.29 is 13.5 Å². The minimum atomic E-state index is -2.95. The van der Waals surface area contributed by atoms with E-state index in [2.05, 4.69) is 4.98 Å². The molecule has 20 heavy (non-hydrogen) atoms. The molecule has 0 radical (unpaired) electrons. The fourth-order valence-corrected chi connectivity index (χ4v) is 3.86. The van der Waals surface area contributed by atoms with Gasteiger partial charge in [0.25, 0.3) is 0 Å². The number of imidazole rings is 1. The predicted octanol–water partition coefficient (Wildman–Crippen LogP) is 0.452. The number of fused-ring (bicyclic) bond motifs is 1. The number of nitrogens with zero attached hydrogens (tertiary/aromatic N) is 3. The van der Waals surface area contributed by atoms with Gasteiger partial charge in [-0.05, 0) is 18.6 Å². The van der Waals surface area contributed by atoms with Gasteiger partial charge in [0.15, 0.2) is 15.7 Å². The fourth-order valence-electron chi connectivity index (χ4n) is 2.58. The van der Waals surface area contributed by atoms with Gasteiger partial charge >= 0.3 is 0 Å². The summed E-state index contributed by atoms with van der Waals surface area (Å²) in [6, 6.07) is 5.64. The standard InChI is InChI=1S/C13H17N3O3S/c17-10-11-13(14-12-4-1-2-6-16(11)12)15-5-3-8-20(18,19)9-7-15/h1-2,4,6,17H,3,5,7-10H2. The Bertz CT molecular complexity index is 724. The van der Waals surface area contributed by atoms with Crippen molar-refractivity contribution >= 4 is 21.3 Å². The molecule has 1 fully saturated rings. The predicted molar refractivity (Wildman–Crippen MR) is 76.6 cm³/mol. The maximum Gasteiger partial charge on any atom is 0.153 e. The average molecular weight is 295 g/mol. The van der Waals surface area contributed by atoms with Gasteiger partial charge in [0.2, 0.25) is 0 Å². The van der Waals surface area contributed by atoms with E-state index in [0.717, 1.165) is 5.65 Å². The number of anilines is 1. The van der Waals surface area contributed by atoms with Gasteiger partial charge < -0.3 is 10.0 Å². The molecule has 3 heterocycles. The third-order valence-corrected chi connectivity index (χ3v) is 5.33. The zero-order valence-corrected chi connectivity index (χ0v) is 11.9. The van der Waals surface area contributed by atoms with Crippen molar-refractivity contribution in [3.8, 4) is 0 Å². The zero-order valence-electron chi connectivity index (χ0n) is 11.1. The Morgan fingerprint density at radius 3 is 2.90 bits per heavy atom. The van der Waals surface area contributed by atoms with Crippen LogP contribution in [0.25, 0.3) is 5.65 Å². The number of pyridine rings is 1. The Morgan fingerprint density at radius 1 is 1.25 bits per heavy atom. The highest BCUT2D eigenvalue weighted by atomic mass is 32.2. The average Bonchev–Trinajstić information content (AvgIpc) is 2.70. The molecule has 7 heteroatoms. The van der Waals surface area contributed by atoms with Crippen LogP contribution < -0.4 is 4.90 Å². The van der Waals surface area contributed by atoms with Crippen molar-refractivity contribution in [1.82, 2.24) is 9.38 Å². The van der Waals surface area contributed by atoms with Gasteiger partial charge in [-0.2, -0.15) is 0 Å². The van der Waals surface area contributed by atoms with E-state index >= 15 is 0 Å². The highest BCUT2D eigenvalue weighted by Crippen LogP contribution is 2.23. The summed E-state index contributed by atoms with van der Waals surface area (Å²) in [6.45, 7) is 0.957. The first kappa shape index (κ1) is 13.4. The highest BCUT2D eigenvalue weighted by molar-refractivity contribution is 7.91. The Hall–Kier alpha value is -1.60. The van der Waals surface area contributed by atoms with E-state index in [1.165, 1.54) is 0 Å². The van der Waals surface area contributed by atoms with Crippen molar-refractivity contribution in [3.05, 3.63) is 30.1 Å². The molecule has 0 amide bonds. The third-order valence-electron chi connectivity index (χ3n) is 3.61. The summed E-state index contributed by atoms with van der Waals surface area (Å²) >= 11 is 0. The van der Waals surface area contributed by atoms with Gasteiger partial charge in [-0.1, -0.05) is 6.07 Å².